The number of sulfonamides is 1. The van der Waals surface area contributed by atoms with Crippen LogP contribution in [-0.2, 0) is 14.8 Å². The highest BCUT2D eigenvalue weighted by atomic mass is 35.5. The van der Waals surface area contributed by atoms with Gasteiger partial charge in [0.05, 0.1) is 15.6 Å². The molecule has 2 N–H and O–H groups in total. The Balaban J connectivity index is 1.53. The molecule has 2 aromatic rings. The highest BCUT2D eigenvalue weighted by Crippen LogP contribution is 2.26. The average Bonchev–Trinajstić information content (AvgIpc) is 3.57. The molecule has 30 heavy (non-hydrogen) atoms. The van der Waals surface area contributed by atoms with E-state index in [1.165, 1.54) is 31.1 Å². The molecule has 0 spiro atoms. The SMILES string of the molecule is CCN(CCNC(=O)C=Cc1ccc(S(=O)(=O)Nc2ccccc2Cl)cc1)C1CC1. The summed E-state index contributed by atoms with van der Waals surface area (Å²) in [6.45, 7) is 4.59. The van der Waals surface area contributed by atoms with Crippen LogP contribution in [0.2, 0.25) is 5.02 Å². The molecule has 0 unspecified atom stereocenters. The van der Waals surface area contributed by atoms with Crippen LogP contribution in [0, 0.1) is 0 Å². The van der Waals surface area contributed by atoms with Crippen LogP contribution >= 0.6 is 11.6 Å². The lowest BCUT2D eigenvalue weighted by atomic mass is 10.2. The third-order valence-corrected chi connectivity index (χ3v) is 6.61. The quantitative estimate of drug-likeness (QED) is 0.543. The van der Waals surface area contributed by atoms with Gasteiger partial charge in [0.1, 0.15) is 0 Å². The Morgan fingerprint density at radius 1 is 1.17 bits per heavy atom. The van der Waals surface area contributed by atoms with Crippen molar-refractivity contribution in [2.24, 2.45) is 0 Å². The second-order valence-electron chi connectivity index (χ2n) is 7.14. The van der Waals surface area contributed by atoms with Crippen LogP contribution in [0.25, 0.3) is 6.08 Å². The zero-order valence-electron chi connectivity index (χ0n) is 16.8. The summed E-state index contributed by atoms with van der Waals surface area (Å²) in [6.07, 6.45) is 5.62. The standard InChI is InChI=1S/C22H26ClN3O3S/c1-2-26(18-10-11-18)16-15-24-22(27)14-9-17-7-12-19(13-8-17)30(28,29)25-21-6-4-3-5-20(21)23/h3-9,12-14,18,25H,2,10-11,15-16H2,1H3,(H,24,27). The fraction of sp³-hybridized carbons (Fsp3) is 0.318. The molecule has 0 aromatic heterocycles. The number of carbonyl (C=O) groups excluding carboxylic acids is 1. The van der Waals surface area contributed by atoms with Crippen molar-refractivity contribution in [3.05, 3.63) is 65.2 Å². The van der Waals surface area contributed by atoms with Gasteiger partial charge in [0, 0.05) is 25.2 Å². The van der Waals surface area contributed by atoms with E-state index in [9.17, 15) is 13.2 Å². The molecule has 3 rings (SSSR count). The topological polar surface area (TPSA) is 78.5 Å². The number of nitrogens with zero attached hydrogens (tertiary/aromatic N) is 1. The number of halogens is 1. The number of hydrogen-bond donors (Lipinski definition) is 2. The van der Waals surface area contributed by atoms with Gasteiger partial charge in [0.2, 0.25) is 5.91 Å². The summed E-state index contributed by atoms with van der Waals surface area (Å²) >= 11 is 6.02. The lowest BCUT2D eigenvalue weighted by molar-refractivity contribution is -0.116. The van der Waals surface area contributed by atoms with Gasteiger partial charge in [0.15, 0.2) is 0 Å². The van der Waals surface area contributed by atoms with Crippen LogP contribution in [0.15, 0.2) is 59.5 Å². The van der Waals surface area contributed by atoms with Gasteiger partial charge in [-0.1, -0.05) is 42.8 Å². The fourth-order valence-corrected chi connectivity index (χ4v) is 4.42. The van der Waals surface area contributed by atoms with Crippen LogP contribution in [0.3, 0.4) is 0 Å². The summed E-state index contributed by atoms with van der Waals surface area (Å²) in [5.74, 6) is -0.168. The average molecular weight is 448 g/mol. The maximum absolute atomic E-state index is 12.5. The van der Waals surface area contributed by atoms with Gasteiger partial charge in [-0.25, -0.2) is 8.42 Å². The lowest BCUT2D eigenvalue weighted by Gasteiger charge is -2.19. The number of benzene rings is 2. The molecular weight excluding hydrogens is 422 g/mol. The number of anilines is 1. The molecule has 0 bridgehead atoms. The first-order chi connectivity index (χ1) is 14.4. The van der Waals surface area contributed by atoms with E-state index in [1.54, 1.807) is 42.5 Å². The largest absolute Gasteiger partial charge is 0.351 e. The van der Waals surface area contributed by atoms with Gasteiger partial charge in [0.25, 0.3) is 10.0 Å². The van der Waals surface area contributed by atoms with Crippen LogP contribution in [0.4, 0.5) is 5.69 Å². The molecular formula is C22H26ClN3O3S. The van der Waals surface area contributed by atoms with Crippen molar-refractivity contribution in [1.82, 2.24) is 10.2 Å². The molecule has 0 heterocycles. The van der Waals surface area contributed by atoms with Crippen molar-refractivity contribution in [1.29, 1.82) is 0 Å². The normalized spacial score (nSPS) is 14.2. The van der Waals surface area contributed by atoms with Crippen LogP contribution < -0.4 is 10.0 Å². The third-order valence-electron chi connectivity index (χ3n) is 4.90. The highest BCUT2D eigenvalue weighted by molar-refractivity contribution is 7.92. The molecule has 160 valence electrons. The van der Waals surface area contributed by atoms with Gasteiger partial charge in [-0.3, -0.25) is 14.4 Å². The summed E-state index contributed by atoms with van der Waals surface area (Å²) < 4.78 is 27.5. The Morgan fingerprint density at radius 3 is 2.50 bits per heavy atom. The van der Waals surface area contributed by atoms with E-state index >= 15 is 0 Å². The molecule has 2 aromatic carbocycles. The molecule has 0 aliphatic heterocycles. The number of rotatable bonds is 10. The first-order valence-corrected chi connectivity index (χ1v) is 11.8. The van der Waals surface area contributed by atoms with E-state index in [2.05, 4.69) is 21.9 Å². The van der Waals surface area contributed by atoms with Crippen LogP contribution in [0.5, 0.6) is 0 Å². The summed E-state index contributed by atoms with van der Waals surface area (Å²) in [4.78, 5) is 14.5. The monoisotopic (exact) mass is 447 g/mol. The highest BCUT2D eigenvalue weighted by Gasteiger charge is 2.27. The lowest BCUT2D eigenvalue weighted by Crippen LogP contribution is -2.35. The van der Waals surface area contributed by atoms with Gasteiger partial charge >= 0.3 is 0 Å². The van der Waals surface area contributed by atoms with Gasteiger partial charge < -0.3 is 5.32 Å². The Morgan fingerprint density at radius 2 is 1.87 bits per heavy atom. The molecule has 8 heteroatoms. The minimum atomic E-state index is -3.75. The molecule has 0 saturated heterocycles. The molecule has 6 nitrogen and oxygen atoms in total. The second-order valence-corrected chi connectivity index (χ2v) is 9.23. The number of para-hydroxylation sites is 1. The first-order valence-electron chi connectivity index (χ1n) is 9.96. The molecule has 1 aliphatic carbocycles. The van der Waals surface area contributed by atoms with E-state index in [0.29, 0.717) is 23.3 Å². The number of carbonyl (C=O) groups is 1. The zero-order valence-corrected chi connectivity index (χ0v) is 18.4. The number of nitrogens with one attached hydrogen (secondary N) is 2. The van der Waals surface area contributed by atoms with Crippen molar-refractivity contribution in [3.8, 4) is 0 Å². The van der Waals surface area contributed by atoms with Crippen molar-refractivity contribution in [2.45, 2.75) is 30.7 Å². The Hall–Kier alpha value is -2.35. The van der Waals surface area contributed by atoms with E-state index in [-0.39, 0.29) is 10.8 Å². The smallest absolute Gasteiger partial charge is 0.261 e. The third kappa shape index (κ3) is 6.32. The predicted octanol–water partition coefficient (Wildman–Crippen LogP) is 3.75. The van der Waals surface area contributed by atoms with Gasteiger partial charge in [-0.2, -0.15) is 0 Å². The van der Waals surface area contributed by atoms with Gasteiger partial charge in [-0.05, 0) is 55.3 Å². The van der Waals surface area contributed by atoms with Crippen molar-refractivity contribution in [2.75, 3.05) is 24.4 Å². The number of hydrogen-bond acceptors (Lipinski definition) is 4. The molecule has 1 fully saturated rings. The molecule has 0 radical (unpaired) electrons. The molecule has 1 saturated carbocycles. The predicted molar refractivity (Wildman–Crippen MR) is 121 cm³/mol. The van der Waals surface area contributed by atoms with E-state index < -0.39 is 10.0 Å². The molecule has 1 amide bonds. The Labute approximate surface area is 183 Å². The van der Waals surface area contributed by atoms with Crippen LogP contribution in [0.1, 0.15) is 25.3 Å². The van der Waals surface area contributed by atoms with E-state index in [1.807, 2.05) is 0 Å². The molecule has 1 aliphatic rings. The fourth-order valence-electron chi connectivity index (χ4n) is 3.10. The van der Waals surface area contributed by atoms with E-state index in [0.717, 1.165) is 18.7 Å². The second kappa shape index (κ2) is 10.1. The summed E-state index contributed by atoms with van der Waals surface area (Å²) in [5, 5.41) is 3.21. The van der Waals surface area contributed by atoms with Crippen molar-refractivity contribution < 1.29 is 13.2 Å². The molecule has 0 atom stereocenters. The number of amides is 1. The number of likely N-dealkylation sites (N-methyl/N-ethyl adjacent to an activating group) is 1. The minimum Gasteiger partial charge on any atom is -0.351 e. The van der Waals surface area contributed by atoms with Crippen LogP contribution in [-0.4, -0.2) is 44.9 Å². The summed E-state index contributed by atoms with van der Waals surface area (Å²) in [7, 11) is -3.75. The zero-order chi connectivity index (χ0) is 21.6. The van der Waals surface area contributed by atoms with Crippen molar-refractivity contribution in [3.63, 3.8) is 0 Å². The maximum Gasteiger partial charge on any atom is 0.261 e. The summed E-state index contributed by atoms with van der Waals surface area (Å²) in [5.41, 5.74) is 1.05. The first kappa shape index (κ1) is 22.3. The minimum absolute atomic E-state index is 0.115. The van der Waals surface area contributed by atoms with Crippen molar-refractivity contribution >= 4 is 39.3 Å². The maximum atomic E-state index is 12.5. The van der Waals surface area contributed by atoms with E-state index in [4.69, 9.17) is 11.6 Å². The summed E-state index contributed by atoms with van der Waals surface area (Å²) in [6, 6.07) is 13.6. The Bertz CT molecular complexity index is 1000. The van der Waals surface area contributed by atoms with Gasteiger partial charge in [-0.15, -0.1) is 0 Å². The Kier molecular flexibility index (Phi) is 7.53.